The molecule has 0 unspecified atom stereocenters. The molecule has 1 amide bonds. The van der Waals surface area contributed by atoms with Crippen LogP contribution in [0, 0.1) is 37.5 Å². The van der Waals surface area contributed by atoms with E-state index in [-0.39, 0.29) is 5.91 Å². The Labute approximate surface area is 149 Å². The van der Waals surface area contributed by atoms with Gasteiger partial charge in [-0.3, -0.25) is 4.79 Å². The third-order valence-electron chi connectivity index (χ3n) is 3.82. The number of thiazole rings is 1. The van der Waals surface area contributed by atoms with Gasteiger partial charge >= 0.3 is 0 Å². The highest BCUT2D eigenvalue weighted by molar-refractivity contribution is 7.16. The second-order valence-corrected chi connectivity index (χ2v) is 6.69. The topological polar surface area (TPSA) is 58.1 Å². The van der Waals surface area contributed by atoms with E-state index in [0.717, 1.165) is 21.3 Å². The summed E-state index contributed by atoms with van der Waals surface area (Å²) in [6, 6.07) is 12.6. The summed E-state index contributed by atoms with van der Waals surface area (Å²) in [4.78, 5) is 17.3. The standard InChI is InChI=1S/C20H15N3OS/c1-4-9-23-17-11-13(2)10-14(3)18(17)25-20(23)22-19(24)16-7-5-15(12-21)6-8-16/h1,5-8,10-11H,9H2,2-3H3. The molecule has 0 saturated carbocycles. The normalized spacial score (nSPS) is 11.3. The smallest absolute Gasteiger partial charge is 0.279 e. The Bertz CT molecular complexity index is 1120. The maximum absolute atomic E-state index is 12.5. The van der Waals surface area contributed by atoms with Gasteiger partial charge in [0.25, 0.3) is 5.91 Å². The SMILES string of the molecule is C#CCn1c(=NC(=O)c2ccc(C#N)cc2)sc2c(C)cc(C)cc21. The van der Waals surface area contributed by atoms with Crippen LogP contribution in [0.4, 0.5) is 0 Å². The van der Waals surface area contributed by atoms with Crippen LogP contribution in [0.15, 0.2) is 41.4 Å². The van der Waals surface area contributed by atoms with Gasteiger partial charge in [-0.1, -0.05) is 23.3 Å². The van der Waals surface area contributed by atoms with E-state index in [1.807, 2.05) is 24.5 Å². The molecule has 122 valence electrons. The maximum Gasteiger partial charge on any atom is 0.279 e. The summed E-state index contributed by atoms with van der Waals surface area (Å²) in [5.74, 6) is 2.28. The summed E-state index contributed by atoms with van der Waals surface area (Å²) in [6.45, 7) is 4.42. The molecule has 25 heavy (non-hydrogen) atoms. The van der Waals surface area contributed by atoms with Gasteiger partial charge in [0.2, 0.25) is 0 Å². The summed E-state index contributed by atoms with van der Waals surface area (Å²) in [5.41, 5.74) is 4.21. The van der Waals surface area contributed by atoms with Crippen LogP contribution in [0.1, 0.15) is 27.0 Å². The first-order chi connectivity index (χ1) is 12.0. The zero-order valence-electron chi connectivity index (χ0n) is 13.9. The van der Waals surface area contributed by atoms with Gasteiger partial charge in [0.15, 0.2) is 4.80 Å². The number of amides is 1. The molecule has 0 aliphatic heterocycles. The zero-order valence-corrected chi connectivity index (χ0v) is 14.7. The van der Waals surface area contributed by atoms with Crippen molar-refractivity contribution in [2.45, 2.75) is 20.4 Å². The van der Waals surface area contributed by atoms with Crippen molar-refractivity contribution in [3.63, 3.8) is 0 Å². The number of hydrogen-bond acceptors (Lipinski definition) is 3. The van der Waals surface area contributed by atoms with Crippen molar-refractivity contribution in [2.24, 2.45) is 4.99 Å². The fourth-order valence-electron chi connectivity index (χ4n) is 2.68. The molecule has 3 rings (SSSR count). The van der Waals surface area contributed by atoms with Gasteiger partial charge in [0, 0.05) is 5.56 Å². The molecule has 0 spiro atoms. The number of carbonyl (C=O) groups excluding carboxylic acids is 1. The van der Waals surface area contributed by atoms with Crippen molar-refractivity contribution in [1.29, 1.82) is 5.26 Å². The second kappa shape index (κ2) is 6.76. The van der Waals surface area contributed by atoms with Crippen LogP contribution in [0.5, 0.6) is 0 Å². The van der Waals surface area contributed by atoms with Crippen LogP contribution in [0.2, 0.25) is 0 Å². The molecule has 4 nitrogen and oxygen atoms in total. The number of nitriles is 1. The van der Waals surface area contributed by atoms with Crippen LogP contribution < -0.4 is 4.80 Å². The summed E-state index contributed by atoms with van der Waals surface area (Å²) in [5, 5.41) is 8.85. The Balaban J connectivity index is 2.16. The molecule has 1 heterocycles. The lowest BCUT2D eigenvalue weighted by Gasteiger charge is -2.02. The van der Waals surface area contributed by atoms with E-state index in [0.29, 0.717) is 22.5 Å². The summed E-state index contributed by atoms with van der Waals surface area (Å²) < 4.78 is 2.97. The lowest BCUT2D eigenvalue weighted by molar-refractivity contribution is 0.0998. The number of rotatable bonds is 2. The van der Waals surface area contributed by atoms with E-state index in [2.05, 4.69) is 23.0 Å². The van der Waals surface area contributed by atoms with Crippen LogP contribution in [0.25, 0.3) is 10.2 Å². The van der Waals surface area contributed by atoms with E-state index in [1.54, 1.807) is 24.3 Å². The maximum atomic E-state index is 12.5. The molecule has 0 atom stereocenters. The minimum Gasteiger partial charge on any atom is -0.305 e. The van der Waals surface area contributed by atoms with Crippen molar-refractivity contribution in [3.8, 4) is 18.4 Å². The number of aryl methyl sites for hydroxylation is 2. The first-order valence-electron chi connectivity index (χ1n) is 7.66. The van der Waals surface area contributed by atoms with Crippen molar-refractivity contribution in [1.82, 2.24) is 4.57 Å². The molecule has 0 N–H and O–H groups in total. The predicted octanol–water partition coefficient (Wildman–Crippen LogP) is 3.57. The van der Waals surface area contributed by atoms with E-state index >= 15 is 0 Å². The lowest BCUT2D eigenvalue weighted by atomic mass is 10.1. The summed E-state index contributed by atoms with van der Waals surface area (Å²) >= 11 is 1.46. The Kier molecular flexibility index (Phi) is 4.52. The highest BCUT2D eigenvalue weighted by atomic mass is 32.1. The van der Waals surface area contributed by atoms with Gasteiger partial charge in [-0.2, -0.15) is 10.3 Å². The molecular formula is C20H15N3OS. The Morgan fingerprint density at radius 3 is 2.64 bits per heavy atom. The van der Waals surface area contributed by atoms with Crippen molar-refractivity contribution < 1.29 is 4.79 Å². The molecule has 0 saturated heterocycles. The summed E-state index contributed by atoms with van der Waals surface area (Å²) in [6.07, 6.45) is 5.51. The van der Waals surface area contributed by atoms with E-state index < -0.39 is 0 Å². The lowest BCUT2D eigenvalue weighted by Crippen LogP contribution is -2.16. The highest BCUT2D eigenvalue weighted by Crippen LogP contribution is 2.23. The minimum absolute atomic E-state index is 0.350. The molecule has 0 bridgehead atoms. The average Bonchev–Trinajstić information content (AvgIpc) is 2.93. The number of benzene rings is 2. The Morgan fingerprint density at radius 2 is 2.00 bits per heavy atom. The monoisotopic (exact) mass is 345 g/mol. The van der Waals surface area contributed by atoms with Gasteiger partial charge in [-0.15, -0.1) is 6.42 Å². The fraction of sp³-hybridized carbons (Fsp3) is 0.150. The minimum atomic E-state index is -0.351. The van der Waals surface area contributed by atoms with Gasteiger partial charge in [-0.05, 0) is 55.3 Å². The second-order valence-electron chi connectivity index (χ2n) is 5.71. The number of terminal acetylenes is 1. The number of aromatic nitrogens is 1. The number of fused-ring (bicyclic) bond motifs is 1. The van der Waals surface area contributed by atoms with Crippen LogP contribution in [-0.2, 0) is 6.54 Å². The quantitative estimate of drug-likeness (QED) is 0.667. The fourth-order valence-corrected chi connectivity index (χ4v) is 3.76. The van der Waals surface area contributed by atoms with Gasteiger partial charge in [-0.25, -0.2) is 0 Å². The third-order valence-corrected chi connectivity index (χ3v) is 5.05. The van der Waals surface area contributed by atoms with E-state index in [1.165, 1.54) is 11.3 Å². The first kappa shape index (κ1) is 16.7. The first-order valence-corrected chi connectivity index (χ1v) is 8.48. The number of carbonyl (C=O) groups is 1. The van der Waals surface area contributed by atoms with E-state index in [4.69, 9.17) is 11.7 Å². The number of hydrogen-bond donors (Lipinski definition) is 0. The van der Waals surface area contributed by atoms with Gasteiger partial charge in [0.05, 0.1) is 28.4 Å². The molecule has 0 aliphatic rings. The molecule has 3 aromatic rings. The third kappa shape index (κ3) is 3.24. The van der Waals surface area contributed by atoms with Crippen LogP contribution >= 0.6 is 11.3 Å². The van der Waals surface area contributed by atoms with Gasteiger partial charge in [0.1, 0.15) is 0 Å². The molecule has 0 radical (unpaired) electrons. The van der Waals surface area contributed by atoms with Crippen LogP contribution in [0.3, 0.4) is 0 Å². The molecule has 5 heteroatoms. The van der Waals surface area contributed by atoms with Crippen molar-refractivity contribution in [2.75, 3.05) is 0 Å². The summed E-state index contributed by atoms with van der Waals surface area (Å²) in [7, 11) is 0. The molecule has 1 aromatic heterocycles. The molecule has 2 aromatic carbocycles. The highest BCUT2D eigenvalue weighted by Gasteiger charge is 2.11. The molecule has 0 aliphatic carbocycles. The Morgan fingerprint density at radius 1 is 1.28 bits per heavy atom. The largest absolute Gasteiger partial charge is 0.305 e. The van der Waals surface area contributed by atoms with E-state index in [9.17, 15) is 4.79 Å². The zero-order chi connectivity index (χ0) is 18.0. The van der Waals surface area contributed by atoms with Gasteiger partial charge < -0.3 is 4.57 Å². The number of nitrogens with zero attached hydrogens (tertiary/aromatic N) is 3. The molecule has 0 fully saturated rings. The van der Waals surface area contributed by atoms with Crippen molar-refractivity contribution >= 4 is 27.5 Å². The average molecular weight is 345 g/mol. The van der Waals surface area contributed by atoms with Crippen molar-refractivity contribution in [3.05, 3.63) is 63.5 Å². The van der Waals surface area contributed by atoms with Crippen LogP contribution in [-0.4, -0.2) is 10.5 Å². The molecular weight excluding hydrogens is 330 g/mol. The predicted molar refractivity (Wildman–Crippen MR) is 99.2 cm³/mol. The Hall–Kier alpha value is -3.15.